The van der Waals surface area contributed by atoms with Crippen LogP contribution in [0.1, 0.15) is 46.2 Å². The zero-order chi connectivity index (χ0) is 27.1. The van der Waals surface area contributed by atoms with Gasteiger partial charge in [0.05, 0.1) is 14.2 Å². The molecule has 0 aliphatic carbocycles. The number of benzene rings is 2. The van der Waals surface area contributed by atoms with Crippen LogP contribution in [0.2, 0.25) is 0 Å². The summed E-state index contributed by atoms with van der Waals surface area (Å²) in [6.07, 6.45) is 0.829. The molecule has 1 aliphatic rings. The molecule has 0 spiro atoms. The Morgan fingerprint density at radius 3 is 2.66 bits per heavy atom. The molecule has 3 aromatic rings. The van der Waals surface area contributed by atoms with Crippen molar-refractivity contribution in [2.45, 2.75) is 31.9 Å². The highest BCUT2D eigenvalue weighted by Crippen LogP contribution is 2.31. The Morgan fingerprint density at radius 1 is 1.13 bits per heavy atom. The van der Waals surface area contributed by atoms with Crippen molar-refractivity contribution in [2.24, 2.45) is 0 Å². The first-order valence-electron chi connectivity index (χ1n) is 12.2. The molecule has 200 valence electrons. The van der Waals surface area contributed by atoms with Crippen molar-refractivity contribution in [1.29, 1.82) is 0 Å². The number of carbonyl (C=O) groups excluding carboxylic acids is 2. The molecule has 3 N–H and O–H groups in total. The molecule has 0 saturated carbocycles. The molecule has 38 heavy (non-hydrogen) atoms. The first-order valence-corrected chi connectivity index (χ1v) is 12.2. The van der Waals surface area contributed by atoms with Gasteiger partial charge in [-0.2, -0.15) is 0 Å². The van der Waals surface area contributed by atoms with E-state index in [4.69, 9.17) is 14.2 Å². The van der Waals surface area contributed by atoms with Crippen molar-refractivity contribution in [2.75, 3.05) is 27.3 Å². The number of likely N-dealkylation sites (tertiary alicyclic amines) is 1. The molecular formula is C27H30N4O7. The van der Waals surface area contributed by atoms with Crippen LogP contribution in [0.25, 0.3) is 0 Å². The molecule has 2 aromatic carbocycles. The fourth-order valence-electron chi connectivity index (χ4n) is 4.36. The van der Waals surface area contributed by atoms with Gasteiger partial charge in [0, 0.05) is 31.1 Å². The number of rotatable bonds is 8. The van der Waals surface area contributed by atoms with E-state index < -0.39 is 29.0 Å². The fourth-order valence-corrected chi connectivity index (χ4v) is 4.36. The van der Waals surface area contributed by atoms with E-state index in [9.17, 15) is 19.5 Å². The molecule has 0 bridgehead atoms. The van der Waals surface area contributed by atoms with Crippen LogP contribution in [0, 0.1) is 0 Å². The number of amides is 2. The van der Waals surface area contributed by atoms with E-state index in [-0.39, 0.29) is 31.4 Å². The Hall–Kier alpha value is -4.54. The largest absolute Gasteiger partial charge is 0.501 e. The van der Waals surface area contributed by atoms with E-state index >= 15 is 0 Å². The van der Waals surface area contributed by atoms with Crippen molar-refractivity contribution in [3.63, 3.8) is 0 Å². The summed E-state index contributed by atoms with van der Waals surface area (Å²) in [5, 5.41) is 13.0. The molecule has 4 rings (SSSR count). The fraction of sp³-hybridized carbons (Fsp3) is 0.333. The number of aromatic nitrogens is 2. The third-order valence-electron chi connectivity index (χ3n) is 6.32. The highest BCUT2D eigenvalue weighted by molar-refractivity contribution is 5.94. The van der Waals surface area contributed by atoms with Gasteiger partial charge in [-0.1, -0.05) is 42.5 Å². The smallest absolute Gasteiger partial charge is 0.410 e. The molecule has 1 saturated heterocycles. The zero-order valence-electron chi connectivity index (χ0n) is 21.2. The number of H-pyrrole nitrogens is 1. The van der Waals surface area contributed by atoms with E-state index in [1.54, 1.807) is 23.1 Å². The normalized spacial score (nSPS) is 15.0. The number of methoxy groups -OCH3 is 2. The van der Waals surface area contributed by atoms with Gasteiger partial charge in [-0.3, -0.25) is 9.59 Å². The first-order chi connectivity index (χ1) is 18.4. The van der Waals surface area contributed by atoms with Crippen LogP contribution in [-0.4, -0.2) is 59.3 Å². The summed E-state index contributed by atoms with van der Waals surface area (Å²) >= 11 is 0. The van der Waals surface area contributed by atoms with E-state index in [1.165, 1.54) is 14.2 Å². The molecule has 1 unspecified atom stereocenters. The maximum atomic E-state index is 12.9. The molecule has 2 amide bonds. The molecule has 1 aromatic heterocycles. The van der Waals surface area contributed by atoms with E-state index in [1.807, 2.05) is 30.3 Å². The molecule has 1 fully saturated rings. The highest BCUT2D eigenvalue weighted by atomic mass is 16.6. The Kier molecular flexibility index (Phi) is 8.47. The zero-order valence-corrected chi connectivity index (χ0v) is 21.2. The van der Waals surface area contributed by atoms with E-state index in [0.717, 1.165) is 5.56 Å². The minimum Gasteiger partial charge on any atom is -0.501 e. The van der Waals surface area contributed by atoms with Gasteiger partial charge in [0.15, 0.2) is 17.2 Å². The average molecular weight is 523 g/mol. The molecule has 11 heteroatoms. The first kappa shape index (κ1) is 26.5. The number of nitrogens with zero attached hydrogens (tertiary/aromatic N) is 2. The van der Waals surface area contributed by atoms with Crippen molar-refractivity contribution < 1.29 is 28.9 Å². The number of hydrogen-bond donors (Lipinski definition) is 3. The number of hydrogen-bond acceptors (Lipinski definition) is 8. The van der Waals surface area contributed by atoms with Gasteiger partial charge in [-0.25, -0.2) is 9.78 Å². The third kappa shape index (κ3) is 6.05. The molecular weight excluding hydrogens is 492 g/mol. The number of aromatic hydroxyl groups is 1. The van der Waals surface area contributed by atoms with Gasteiger partial charge in [0.25, 0.3) is 11.5 Å². The highest BCUT2D eigenvalue weighted by Gasteiger charge is 2.29. The second-order valence-corrected chi connectivity index (χ2v) is 8.81. The van der Waals surface area contributed by atoms with Gasteiger partial charge in [-0.05, 0) is 24.5 Å². The monoisotopic (exact) mass is 522 g/mol. The lowest BCUT2D eigenvalue weighted by Gasteiger charge is -2.31. The maximum Gasteiger partial charge on any atom is 0.410 e. The number of aromatic amines is 1. The lowest BCUT2D eigenvalue weighted by atomic mass is 9.97. The predicted octanol–water partition coefficient (Wildman–Crippen LogP) is 2.94. The summed E-state index contributed by atoms with van der Waals surface area (Å²) in [6.45, 7) is 0.954. The summed E-state index contributed by atoms with van der Waals surface area (Å²) in [4.78, 5) is 46.4. The Bertz CT molecular complexity index is 1340. The predicted molar refractivity (Wildman–Crippen MR) is 137 cm³/mol. The van der Waals surface area contributed by atoms with Gasteiger partial charge >= 0.3 is 6.09 Å². The van der Waals surface area contributed by atoms with Crippen LogP contribution < -0.4 is 20.3 Å². The van der Waals surface area contributed by atoms with Gasteiger partial charge < -0.3 is 34.5 Å². The number of para-hydroxylation sites is 1. The number of ether oxygens (including phenoxy) is 3. The molecule has 0 radical (unpaired) electrons. The second-order valence-electron chi connectivity index (χ2n) is 8.81. The lowest BCUT2D eigenvalue weighted by molar-refractivity contribution is 0.0849. The average Bonchev–Trinajstić information content (AvgIpc) is 2.96. The van der Waals surface area contributed by atoms with Crippen LogP contribution >= 0.6 is 0 Å². The summed E-state index contributed by atoms with van der Waals surface area (Å²) in [7, 11) is 3.00. The summed E-state index contributed by atoms with van der Waals surface area (Å²) in [5.74, 6) is -0.666. The molecule has 1 aliphatic heterocycles. The maximum absolute atomic E-state index is 12.9. The standard InChI is InChI=1S/C27H30N4O7/c1-36-20-12-6-10-18(23(20)37-2)14-28-25(33)21-22(32)26(34)30-24(29-21)19-11-7-13-31(15-19)27(35)38-16-17-8-4-3-5-9-17/h3-6,8-10,12,19,32H,7,11,13-16H2,1-2H3,(H,28,33)(H,29,30,34). The Balaban J connectivity index is 1.45. The third-order valence-corrected chi connectivity index (χ3v) is 6.32. The SMILES string of the molecule is COc1cccc(CNC(=O)c2nc(C3CCCN(C(=O)OCc4ccccc4)C3)[nH]c(=O)c2O)c1OC. The van der Waals surface area contributed by atoms with Crippen LogP contribution in [0.3, 0.4) is 0 Å². The minimum atomic E-state index is -0.831. The van der Waals surface area contributed by atoms with Crippen LogP contribution in [0.15, 0.2) is 53.3 Å². The lowest BCUT2D eigenvalue weighted by Crippen LogP contribution is -2.40. The topological polar surface area (TPSA) is 143 Å². The van der Waals surface area contributed by atoms with Gasteiger partial charge in [-0.15, -0.1) is 0 Å². The number of nitrogens with one attached hydrogen (secondary N) is 2. The van der Waals surface area contributed by atoms with E-state index in [0.29, 0.717) is 36.4 Å². The quantitative estimate of drug-likeness (QED) is 0.410. The van der Waals surface area contributed by atoms with Gasteiger partial charge in [0.2, 0.25) is 5.75 Å². The summed E-state index contributed by atoms with van der Waals surface area (Å²) in [6, 6.07) is 14.6. The van der Waals surface area contributed by atoms with Crippen molar-refractivity contribution >= 4 is 12.0 Å². The second kappa shape index (κ2) is 12.1. The molecule has 2 heterocycles. The Labute approximate surface area is 219 Å². The van der Waals surface area contributed by atoms with Crippen molar-refractivity contribution in [3.8, 4) is 17.2 Å². The number of piperidine rings is 1. The Morgan fingerprint density at radius 2 is 1.92 bits per heavy atom. The van der Waals surface area contributed by atoms with Crippen LogP contribution in [0.4, 0.5) is 4.79 Å². The van der Waals surface area contributed by atoms with Crippen molar-refractivity contribution in [3.05, 3.63) is 81.5 Å². The minimum absolute atomic E-state index is 0.0485. The molecule has 1 atom stereocenters. The van der Waals surface area contributed by atoms with Crippen LogP contribution in [0.5, 0.6) is 17.2 Å². The summed E-state index contributed by atoms with van der Waals surface area (Å²) in [5.41, 5.74) is 0.292. The van der Waals surface area contributed by atoms with Gasteiger partial charge in [0.1, 0.15) is 12.4 Å². The summed E-state index contributed by atoms with van der Waals surface area (Å²) < 4.78 is 16.1. The number of carbonyl (C=O) groups is 2. The van der Waals surface area contributed by atoms with Crippen molar-refractivity contribution in [1.82, 2.24) is 20.2 Å². The van der Waals surface area contributed by atoms with E-state index in [2.05, 4.69) is 15.3 Å². The van der Waals surface area contributed by atoms with Crippen LogP contribution in [-0.2, 0) is 17.9 Å². The molecule has 11 nitrogen and oxygen atoms in total.